The van der Waals surface area contributed by atoms with Gasteiger partial charge in [-0.05, 0) is 67.6 Å². The summed E-state index contributed by atoms with van der Waals surface area (Å²) in [6, 6.07) is 16.1. The fourth-order valence-corrected chi connectivity index (χ4v) is 5.63. The molecule has 2 aromatic heterocycles. The van der Waals surface area contributed by atoms with E-state index in [0.717, 1.165) is 32.7 Å². The van der Waals surface area contributed by atoms with Gasteiger partial charge in [0.05, 0.1) is 30.0 Å². The monoisotopic (exact) mass is 639 g/mol. The van der Waals surface area contributed by atoms with Gasteiger partial charge in [-0.3, -0.25) is 4.79 Å². The van der Waals surface area contributed by atoms with Gasteiger partial charge in [0, 0.05) is 32.2 Å². The maximum absolute atomic E-state index is 12.8. The second-order valence-corrected chi connectivity index (χ2v) is 11.1. The summed E-state index contributed by atoms with van der Waals surface area (Å²) < 4.78 is 13.2. The number of amides is 1. The van der Waals surface area contributed by atoms with Crippen molar-refractivity contribution in [2.75, 3.05) is 6.61 Å². The first-order chi connectivity index (χ1) is 19.3. The number of esters is 1. The molecular weight excluding hydrogens is 618 g/mol. The van der Waals surface area contributed by atoms with Crippen LogP contribution >= 0.6 is 39.3 Å². The van der Waals surface area contributed by atoms with Gasteiger partial charge in [0.15, 0.2) is 0 Å². The molecule has 0 aliphatic carbocycles. The van der Waals surface area contributed by atoms with Crippen molar-refractivity contribution in [2.45, 2.75) is 20.0 Å². The lowest BCUT2D eigenvalue weighted by Gasteiger charge is -2.06. The number of rotatable bonds is 8. The van der Waals surface area contributed by atoms with Gasteiger partial charge < -0.3 is 24.1 Å². The van der Waals surface area contributed by atoms with Crippen LogP contribution in [0.2, 0.25) is 5.02 Å². The SMILES string of the molecule is CCOC(=O)C1=C(O)/C(=C/c2cn(CC(=O)NCc3ccco3)c3ccc(Br)cc23)SC1=Nc1ccc(Cl)cc1. The van der Waals surface area contributed by atoms with Crippen LogP contribution in [0.3, 0.4) is 0 Å². The summed E-state index contributed by atoms with van der Waals surface area (Å²) in [6.07, 6.45) is 5.17. The minimum atomic E-state index is -0.665. The first kappa shape index (κ1) is 27.8. The molecule has 1 amide bonds. The number of fused-ring (bicyclic) bond motifs is 1. The third-order valence-corrected chi connectivity index (χ3v) is 7.71. The van der Waals surface area contributed by atoms with Crippen LogP contribution in [0.5, 0.6) is 0 Å². The fourth-order valence-electron chi connectivity index (χ4n) is 4.12. The highest BCUT2D eigenvalue weighted by Crippen LogP contribution is 2.41. The Kier molecular flexibility index (Phi) is 8.49. The Morgan fingerprint density at radius 3 is 2.75 bits per heavy atom. The van der Waals surface area contributed by atoms with E-state index in [1.807, 2.05) is 29.0 Å². The van der Waals surface area contributed by atoms with Crippen LogP contribution in [-0.2, 0) is 27.4 Å². The largest absolute Gasteiger partial charge is 0.506 e. The molecular formula is C29H23BrClN3O5S. The molecule has 1 aliphatic rings. The van der Waals surface area contributed by atoms with E-state index in [-0.39, 0.29) is 36.9 Å². The summed E-state index contributed by atoms with van der Waals surface area (Å²) in [5, 5.41) is 15.7. The van der Waals surface area contributed by atoms with Gasteiger partial charge in [-0.15, -0.1) is 0 Å². The topological polar surface area (TPSA) is 106 Å². The van der Waals surface area contributed by atoms with Crippen molar-refractivity contribution < 1.29 is 23.8 Å². The van der Waals surface area contributed by atoms with Crippen molar-refractivity contribution >= 4 is 78.9 Å². The van der Waals surface area contributed by atoms with Crippen LogP contribution in [0.25, 0.3) is 17.0 Å². The summed E-state index contributed by atoms with van der Waals surface area (Å²) >= 11 is 10.7. The number of hydrogen-bond donors (Lipinski definition) is 2. The van der Waals surface area contributed by atoms with Crippen LogP contribution in [0.1, 0.15) is 18.2 Å². The standard InChI is InChI=1S/C29H23BrClN3O5S/c1-2-38-29(37)26-27(36)24(40-28(26)33-20-8-6-19(31)7-9-20)12-17-15-34(23-10-5-18(30)13-22(17)23)16-25(35)32-14-21-4-3-11-39-21/h3-13,15,36H,2,14,16H2,1H3,(H,32,35)/b24-12-,33-28?. The molecule has 5 rings (SSSR count). The molecule has 204 valence electrons. The zero-order valence-corrected chi connectivity index (χ0v) is 24.3. The molecule has 0 bridgehead atoms. The first-order valence-electron chi connectivity index (χ1n) is 12.2. The van der Waals surface area contributed by atoms with E-state index in [4.69, 9.17) is 20.8 Å². The van der Waals surface area contributed by atoms with Gasteiger partial charge in [0.25, 0.3) is 0 Å². The maximum atomic E-state index is 12.8. The highest BCUT2D eigenvalue weighted by Gasteiger charge is 2.33. The number of nitrogens with zero attached hydrogens (tertiary/aromatic N) is 2. The maximum Gasteiger partial charge on any atom is 0.344 e. The molecule has 0 unspecified atom stereocenters. The van der Waals surface area contributed by atoms with Crippen LogP contribution in [0.15, 0.2) is 97.2 Å². The average Bonchev–Trinajstić information content (AvgIpc) is 3.63. The number of furan rings is 1. The van der Waals surface area contributed by atoms with Crippen molar-refractivity contribution in [1.29, 1.82) is 0 Å². The van der Waals surface area contributed by atoms with E-state index in [1.165, 1.54) is 0 Å². The van der Waals surface area contributed by atoms with Crippen molar-refractivity contribution in [2.24, 2.45) is 4.99 Å². The molecule has 0 saturated carbocycles. The fraction of sp³-hybridized carbons (Fsp3) is 0.138. The molecule has 3 heterocycles. The lowest BCUT2D eigenvalue weighted by atomic mass is 10.1. The molecule has 0 atom stereocenters. The lowest BCUT2D eigenvalue weighted by Crippen LogP contribution is -2.26. The summed E-state index contributed by atoms with van der Waals surface area (Å²) in [5.74, 6) is -0.408. The third-order valence-electron chi connectivity index (χ3n) is 5.94. The van der Waals surface area contributed by atoms with E-state index in [1.54, 1.807) is 55.7 Å². The summed E-state index contributed by atoms with van der Waals surface area (Å²) in [5.41, 5.74) is 2.15. The van der Waals surface area contributed by atoms with Crippen molar-refractivity contribution in [3.63, 3.8) is 0 Å². The predicted molar refractivity (Wildman–Crippen MR) is 161 cm³/mol. The molecule has 4 aromatic rings. The van der Waals surface area contributed by atoms with Crippen molar-refractivity contribution in [3.8, 4) is 0 Å². The van der Waals surface area contributed by atoms with Gasteiger partial charge in [-0.25, -0.2) is 9.79 Å². The Hall–Kier alpha value is -3.73. The third kappa shape index (κ3) is 6.19. The number of aliphatic hydroxyl groups excluding tert-OH is 1. The molecule has 0 fully saturated rings. The van der Waals surface area contributed by atoms with Crippen LogP contribution in [-0.4, -0.2) is 33.2 Å². The second kappa shape index (κ2) is 12.2. The molecule has 2 aromatic carbocycles. The molecule has 2 N–H and O–H groups in total. The highest BCUT2D eigenvalue weighted by atomic mass is 79.9. The van der Waals surface area contributed by atoms with Crippen LogP contribution < -0.4 is 5.32 Å². The summed E-state index contributed by atoms with van der Waals surface area (Å²) in [4.78, 5) is 30.5. The Bertz CT molecular complexity index is 1670. The first-order valence-corrected chi connectivity index (χ1v) is 14.2. The van der Waals surface area contributed by atoms with Gasteiger partial charge >= 0.3 is 5.97 Å². The van der Waals surface area contributed by atoms with E-state index in [0.29, 0.717) is 26.4 Å². The van der Waals surface area contributed by atoms with Crippen molar-refractivity contribution in [3.05, 3.63) is 104 Å². The zero-order chi connectivity index (χ0) is 28.2. The van der Waals surface area contributed by atoms with Crippen LogP contribution in [0, 0.1) is 0 Å². The van der Waals surface area contributed by atoms with E-state index < -0.39 is 5.97 Å². The Morgan fingerprint density at radius 2 is 2.02 bits per heavy atom. The van der Waals surface area contributed by atoms with Gasteiger partial charge in [0.2, 0.25) is 5.91 Å². The number of aliphatic hydroxyl groups is 1. The normalized spacial score (nSPS) is 15.4. The van der Waals surface area contributed by atoms with E-state index in [9.17, 15) is 14.7 Å². The minimum absolute atomic E-state index is 0.00438. The van der Waals surface area contributed by atoms with Gasteiger partial charge in [-0.2, -0.15) is 0 Å². The zero-order valence-electron chi connectivity index (χ0n) is 21.2. The number of aromatic nitrogens is 1. The Balaban J connectivity index is 1.50. The Labute approximate surface area is 247 Å². The summed E-state index contributed by atoms with van der Waals surface area (Å²) in [7, 11) is 0. The lowest BCUT2D eigenvalue weighted by molar-refractivity contribution is -0.138. The molecule has 0 spiro atoms. The van der Waals surface area contributed by atoms with Crippen molar-refractivity contribution in [1.82, 2.24) is 9.88 Å². The number of halogens is 2. The molecule has 0 saturated heterocycles. The average molecular weight is 641 g/mol. The number of hydrogen-bond acceptors (Lipinski definition) is 7. The number of nitrogens with one attached hydrogen (secondary N) is 1. The molecule has 1 aliphatic heterocycles. The Morgan fingerprint density at radius 1 is 1.23 bits per heavy atom. The number of thioether (sulfide) groups is 1. The second-order valence-electron chi connectivity index (χ2n) is 8.68. The van der Waals surface area contributed by atoms with E-state index >= 15 is 0 Å². The molecule has 40 heavy (non-hydrogen) atoms. The minimum Gasteiger partial charge on any atom is -0.506 e. The number of aliphatic imine (C=N–C) groups is 1. The predicted octanol–water partition coefficient (Wildman–Crippen LogP) is 7.16. The summed E-state index contributed by atoms with van der Waals surface area (Å²) in [6.45, 7) is 2.21. The number of carbonyl (C=O) groups excluding carboxylic acids is 2. The number of carbonyl (C=O) groups is 2. The van der Waals surface area contributed by atoms with Gasteiger partial charge in [0.1, 0.15) is 28.7 Å². The molecule has 11 heteroatoms. The quantitative estimate of drug-likeness (QED) is 0.198. The smallest absolute Gasteiger partial charge is 0.344 e. The number of benzene rings is 2. The number of ether oxygens (including phenoxy) is 1. The van der Waals surface area contributed by atoms with E-state index in [2.05, 4.69) is 26.2 Å². The van der Waals surface area contributed by atoms with Crippen LogP contribution in [0.4, 0.5) is 5.69 Å². The highest BCUT2D eigenvalue weighted by molar-refractivity contribution is 9.10. The molecule has 8 nitrogen and oxygen atoms in total. The van der Waals surface area contributed by atoms with Gasteiger partial charge in [-0.1, -0.05) is 39.3 Å². The molecule has 0 radical (unpaired) electrons.